The lowest BCUT2D eigenvalue weighted by Gasteiger charge is -2.14. The molecule has 0 aliphatic carbocycles. The van der Waals surface area contributed by atoms with E-state index in [1.165, 1.54) is 6.07 Å². The number of aromatic hydroxyl groups is 1. The number of carboxylic acid groups (broad SMARTS) is 1. The fourth-order valence-electron chi connectivity index (χ4n) is 1.81. The van der Waals surface area contributed by atoms with Crippen molar-refractivity contribution in [3.05, 3.63) is 42.0 Å². The quantitative estimate of drug-likeness (QED) is 0.883. The van der Waals surface area contributed by atoms with E-state index in [0.717, 1.165) is 0 Å². The predicted octanol–water partition coefficient (Wildman–Crippen LogP) is 2.81. The Bertz CT molecular complexity index is 608. The van der Waals surface area contributed by atoms with Gasteiger partial charge in [-0.1, -0.05) is 30.3 Å². The van der Waals surface area contributed by atoms with E-state index in [2.05, 4.69) is 0 Å². The van der Waals surface area contributed by atoms with E-state index in [1.54, 1.807) is 30.3 Å². The zero-order chi connectivity index (χ0) is 13.3. The molecule has 5 heteroatoms. The first-order valence-electron chi connectivity index (χ1n) is 5.22. The molecule has 0 saturated carbocycles. The van der Waals surface area contributed by atoms with E-state index in [-0.39, 0.29) is 11.3 Å². The molecule has 0 bridgehead atoms. The Hall–Kier alpha value is -2.17. The molecule has 0 aliphatic heterocycles. The number of fused-ring (bicyclic) bond motifs is 1. The van der Waals surface area contributed by atoms with E-state index in [1.807, 2.05) is 0 Å². The lowest BCUT2D eigenvalue weighted by molar-refractivity contribution is -0.164. The molecule has 0 aliphatic rings. The lowest BCUT2D eigenvalue weighted by atomic mass is 9.98. The molecule has 2 rings (SSSR count). The fraction of sp³-hybridized carbons (Fsp3) is 0.154. The van der Waals surface area contributed by atoms with Crippen molar-refractivity contribution in [2.45, 2.75) is 12.3 Å². The SMILES string of the molecule is O=C(O)C(F)(F)Cc1c(O)ccc2ccccc12. The van der Waals surface area contributed by atoms with Gasteiger partial charge in [0.15, 0.2) is 0 Å². The van der Waals surface area contributed by atoms with Crippen molar-refractivity contribution in [2.75, 3.05) is 0 Å². The van der Waals surface area contributed by atoms with Gasteiger partial charge in [0.05, 0.1) is 6.42 Å². The Balaban J connectivity index is 2.56. The first-order valence-corrected chi connectivity index (χ1v) is 5.22. The topological polar surface area (TPSA) is 57.5 Å². The van der Waals surface area contributed by atoms with Crippen molar-refractivity contribution in [3.8, 4) is 5.75 Å². The number of benzene rings is 2. The molecule has 2 aromatic rings. The van der Waals surface area contributed by atoms with Crippen LogP contribution >= 0.6 is 0 Å². The Morgan fingerprint density at radius 2 is 1.83 bits per heavy atom. The van der Waals surface area contributed by atoms with Crippen molar-refractivity contribution in [1.29, 1.82) is 0 Å². The monoisotopic (exact) mass is 252 g/mol. The van der Waals surface area contributed by atoms with Crippen LogP contribution in [0.2, 0.25) is 0 Å². The van der Waals surface area contributed by atoms with Crippen LogP contribution in [0.1, 0.15) is 5.56 Å². The average Bonchev–Trinajstić information content (AvgIpc) is 2.32. The van der Waals surface area contributed by atoms with Gasteiger partial charge in [0.1, 0.15) is 5.75 Å². The molecular formula is C13H10F2O3. The minimum Gasteiger partial charge on any atom is -0.508 e. The summed E-state index contributed by atoms with van der Waals surface area (Å²) in [5, 5.41) is 19.2. The highest BCUT2D eigenvalue weighted by Crippen LogP contribution is 2.32. The maximum atomic E-state index is 13.2. The van der Waals surface area contributed by atoms with Gasteiger partial charge < -0.3 is 10.2 Å². The summed E-state index contributed by atoms with van der Waals surface area (Å²) in [5.41, 5.74) is -0.0551. The van der Waals surface area contributed by atoms with Crippen LogP contribution in [-0.4, -0.2) is 22.1 Å². The zero-order valence-corrected chi connectivity index (χ0v) is 9.23. The number of phenolic OH excluding ortho intramolecular Hbond substituents is 1. The van der Waals surface area contributed by atoms with Gasteiger partial charge in [-0.15, -0.1) is 0 Å². The molecule has 2 N–H and O–H groups in total. The third kappa shape index (κ3) is 2.11. The lowest BCUT2D eigenvalue weighted by Crippen LogP contribution is -2.30. The number of aliphatic carboxylic acids is 1. The van der Waals surface area contributed by atoms with Gasteiger partial charge in [-0.25, -0.2) is 4.79 Å². The van der Waals surface area contributed by atoms with E-state index >= 15 is 0 Å². The summed E-state index contributed by atoms with van der Waals surface area (Å²) >= 11 is 0. The zero-order valence-electron chi connectivity index (χ0n) is 9.23. The van der Waals surface area contributed by atoms with Gasteiger partial charge in [0.2, 0.25) is 0 Å². The van der Waals surface area contributed by atoms with Gasteiger partial charge >= 0.3 is 11.9 Å². The van der Waals surface area contributed by atoms with Crippen LogP contribution in [0.4, 0.5) is 8.78 Å². The highest BCUT2D eigenvalue weighted by atomic mass is 19.3. The Kier molecular flexibility index (Phi) is 2.90. The Morgan fingerprint density at radius 3 is 2.50 bits per heavy atom. The van der Waals surface area contributed by atoms with Crippen LogP contribution in [-0.2, 0) is 11.2 Å². The van der Waals surface area contributed by atoms with Crippen LogP contribution in [0.3, 0.4) is 0 Å². The minimum absolute atomic E-state index is 0.0551. The average molecular weight is 252 g/mol. The standard InChI is InChI=1S/C13H10F2O3/c14-13(15,12(17)18)7-10-9-4-2-1-3-8(9)5-6-11(10)16/h1-6,16H,7H2,(H,17,18). The molecule has 0 radical (unpaired) electrons. The van der Waals surface area contributed by atoms with Crippen molar-refractivity contribution >= 4 is 16.7 Å². The van der Waals surface area contributed by atoms with Gasteiger partial charge in [0, 0.05) is 5.56 Å². The molecule has 0 aromatic heterocycles. The minimum atomic E-state index is -3.90. The molecule has 0 saturated heterocycles. The summed E-state index contributed by atoms with van der Waals surface area (Å²) in [6.45, 7) is 0. The molecule has 0 spiro atoms. The highest BCUT2D eigenvalue weighted by Gasteiger charge is 2.40. The number of halogens is 2. The maximum Gasteiger partial charge on any atom is 0.374 e. The molecule has 0 atom stereocenters. The summed E-state index contributed by atoms with van der Waals surface area (Å²) in [6.07, 6.45) is -1.03. The molecule has 18 heavy (non-hydrogen) atoms. The number of hydrogen-bond donors (Lipinski definition) is 2. The molecule has 2 aromatic carbocycles. The van der Waals surface area contributed by atoms with Crippen molar-refractivity contribution in [1.82, 2.24) is 0 Å². The van der Waals surface area contributed by atoms with Gasteiger partial charge in [-0.3, -0.25) is 0 Å². The molecule has 3 nitrogen and oxygen atoms in total. The van der Waals surface area contributed by atoms with Gasteiger partial charge in [-0.2, -0.15) is 8.78 Å². The second kappa shape index (κ2) is 4.25. The van der Waals surface area contributed by atoms with Crippen molar-refractivity contribution in [2.24, 2.45) is 0 Å². The van der Waals surface area contributed by atoms with E-state index < -0.39 is 18.3 Å². The summed E-state index contributed by atoms with van der Waals surface area (Å²) in [6, 6.07) is 9.53. The third-order valence-electron chi connectivity index (χ3n) is 2.73. The summed E-state index contributed by atoms with van der Waals surface area (Å²) in [7, 11) is 0. The first kappa shape index (κ1) is 12.3. The Labute approximate surface area is 101 Å². The van der Waals surface area contributed by atoms with Crippen molar-refractivity contribution < 1.29 is 23.8 Å². The molecule has 0 amide bonds. The largest absolute Gasteiger partial charge is 0.508 e. The number of rotatable bonds is 3. The van der Waals surface area contributed by atoms with E-state index in [0.29, 0.717) is 10.8 Å². The summed E-state index contributed by atoms with van der Waals surface area (Å²) < 4.78 is 26.5. The third-order valence-corrected chi connectivity index (χ3v) is 2.73. The number of hydrogen-bond acceptors (Lipinski definition) is 2. The maximum absolute atomic E-state index is 13.2. The number of carbonyl (C=O) groups is 1. The summed E-state index contributed by atoms with van der Waals surface area (Å²) in [5.74, 6) is -6.42. The van der Waals surface area contributed by atoms with Crippen molar-refractivity contribution in [3.63, 3.8) is 0 Å². The van der Waals surface area contributed by atoms with Crippen LogP contribution in [0.25, 0.3) is 10.8 Å². The molecular weight excluding hydrogens is 242 g/mol. The van der Waals surface area contributed by atoms with Crippen LogP contribution in [0.5, 0.6) is 5.75 Å². The van der Waals surface area contributed by atoms with Crippen LogP contribution in [0.15, 0.2) is 36.4 Å². The Morgan fingerprint density at radius 1 is 1.17 bits per heavy atom. The molecule has 0 heterocycles. The summed E-state index contributed by atoms with van der Waals surface area (Å²) in [4.78, 5) is 10.4. The highest BCUT2D eigenvalue weighted by molar-refractivity contribution is 5.88. The van der Waals surface area contributed by atoms with E-state index in [9.17, 15) is 18.7 Å². The second-order valence-corrected chi connectivity index (χ2v) is 3.97. The number of phenols is 1. The molecule has 0 unspecified atom stereocenters. The second-order valence-electron chi connectivity index (χ2n) is 3.97. The fourth-order valence-corrected chi connectivity index (χ4v) is 1.81. The molecule has 94 valence electrons. The van der Waals surface area contributed by atoms with Crippen LogP contribution in [0, 0.1) is 0 Å². The first-order chi connectivity index (χ1) is 8.42. The van der Waals surface area contributed by atoms with E-state index in [4.69, 9.17) is 5.11 Å². The van der Waals surface area contributed by atoms with Crippen LogP contribution < -0.4 is 0 Å². The predicted molar refractivity (Wildman–Crippen MR) is 61.9 cm³/mol. The number of carboxylic acids is 1. The molecule has 0 fully saturated rings. The number of alkyl halides is 2. The normalized spacial score (nSPS) is 11.7. The van der Waals surface area contributed by atoms with Gasteiger partial charge in [0.25, 0.3) is 0 Å². The van der Waals surface area contributed by atoms with Gasteiger partial charge in [-0.05, 0) is 16.8 Å². The smallest absolute Gasteiger partial charge is 0.374 e.